The molecule has 0 saturated heterocycles. The Morgan fingerprint density at radius 2 is 1.84 bits per heavy atom. The average Bonchev–Trinajstić information content (AvgIpc) is 3.17. The second-order valence-corrected chi connectivity index (χ2v) is 10.6. The zero-order valence-electron chi connectivity index (χ0n) is 22.9. The van der Waals surface area contributed by atoms with E-state index in [0.717, 1.165) is 17.0 Å². The van der Waals surface area contributed by atoms with E-state index in [0.29, 0.717) is 48.0 Å². The summed E-state index contributed by atoms with van der Waals surface area (Å²) in [6, 6.07) is 5.63. The van der Waals surface area contributed by atoms with Crippen molar-refractivity contribution in [3.05, 3.63) is 46.3 Å². The van der Waals surface area contributed by atoms with Crippen LogP contribution in [-0.2, 0) is 12.0 Å². The first-order valence-corrected chi connectivity index (χ1v) is 13.2. The van der Waals surface area contributed by atoms with Crippen LogP contribution >= 0.6 is 16.1 Å². The van der Waals surface area contributed by atoms with Crippen LogP contribution in [0.4, 0.5) is 10.1 Å². The Kier molecular flexibility index (Phi) is 9.10. The predicted octanol–water partition coefficient (Wildman–Crippen LogP) is 6.50. The standard InChI is InChI=1S/C28H37BrFN3O4/c1-9-36-22-13-18-14-33(27(32-29)23(18)24(30)26(22)37-10-2)15-21(34)17-11-19(28(5,6)7)25(35-8)20(12-17)31-16(3)4/h11-13,16,31H,9-10,14-15H2,1-8H3. The van der Waals surface area contributed by atoms with E-state index in [1.165, 1.54) is 0 Å². The molecule has 0 fully saturated rings. The van der Waals surface area contributed by atoms with Crippen LogP contribution in [0.1, 0.15) is 75.5 Å². The van der Waals surface area contributed by atoms with Crippen molar-refractivity contribution < 1.29 is 23.4 Å². The van der Waals surface area contributed by atoms with Gasteiger partial charge in [-0.25, -0.2) is 4.39 Å². The zero-order chi connectivity index (χ0) is 27.5. The minimum Gasteiger partial charge on any atom is -0.494 e. The number of rotatable bonds is 10. The lowest BCUT2D eigenvalue weighted by Crippen LogP contribution is -2.31. The van der Waals surface area contributed by atoms with Gasteiger partial charge in [0.25, 0.3) is 0 Å². The summed E-state index contributed by atoms with van der Waals surface area (Å²) in [5, 5.41) is 3.40. The van der Waals surface area contributed by atoms with Gasteiger partial charge in [-0.2, -0.15) is 4.02 Å². The summed E-state index contributed by atoms with van der Waals surface area (Å²) < 4.78 is 36.7. The normalized spacial score (nSPS) is 14.2. The van der Waals surface area contributed by atoms with Crippen molar-refractivity contribution in [1.29, 1.82) is 0 Å². The largest absolute Gasteiger partial charge is 0.494 e. The summed E-state index contributed by atoms with van der Waals surface area (Å²) in [6.07, 6.45) is 0. The minimum atomic E-state index is -0.543. The molecule has 202 valence electrons. The molecule has 0 aliphatic carbocycles. The molecule has 0 bridgehead atoms. The number of methoxy groups -OCH3 is 1. The number of ketones is 1. The monoisotopic (exact) mass is 577 g/mol. The van der Waals surface area contributed by atoms with Gasteiger partial charge in [-0.15, -0.1) is 0 Å². The quantitative estimate of drug-likeness (QED) is 0.325. The summed E-state index contributed by atoms with van der Waals surface area (Å²) >= 11 is 3.14. The highest BCUT2D eigenvalue weighted by Gasteiger charge is 2.34. The van der Waals surface area contributed by atoms with Crippen molar-refractivity contribution in [2.24, 2.45) is 4.02 Å². The van der Waals surface area contributed by atoms with E-state index in [2.05, 4.69) is 46.3 Å². The first-order chi connectivity index (χ1) is 17.5. The van der Waals surface area contributed by atoms with E-state index >= 15 is 4.39 Å². The predicted molar refractivity (Wildman–Crippen MR) is 149 cm³/mol. The molecule has 0 amide bonds. The molecule has 0 saturated carbocycles. The Balaban J connectivity index is 2.01. The zero-order valence-corrected chi connectivity index (χ0v) is 24.5. The van der Waals surface area contributed by atoms with Crippen molar-refractivity contribution in [3.8, 4) is 17.2 Å². The molecule has 1 aliphatic rings. The van der Waals surface area contributed by atoms with Crippen LogP contribution in [-0.4, -0.2) is 49.4 Å². The van der Waals surface area contributed by atoms with Crippen molar-refractivity contribution in [1.82, 2.24) is 4.90 Å². The molecular weight excluding hydrogens is 541 g/mol. The highest BCUT2D eigenvalue weighted by atomic mass is 79.9. The van der Waals surface area contributed by atoms with Crippen LogP contribution in [0.5, 0.6) is 17.2 Å². The van der Waals surface area contributed by atoms with Gasteiger partial charge in [0, 0.05) is 23.7 Å². The maximum atomic E-state index is 15.6. The number of carbonyl (C=O) groups excluding carboxylic acids is 1. The van der Waals surface area contributed by atoms with E-state index in [9.17, 15) is 4.79 Å². The van der Waals surface area contributed by atoms with Gasteiger partial charge in [-0.1, -0.05) is 20.8 Å². The van der Waals surface area contributed by atoms with Gasteiger partial charge in [0.1, 0.15) is 11.6 Å². The molecule has 0 unspecified atom stereocenters. The smallest absolute Gasteiger partial charge is 0.197 e. The fourth-order valence-electron chi connectivity index (χ4n) is 4.48. The van der Waals surface area contributed by atoms with Crippen LogP contribution in [0.3, 0.4) is 0 Å². The number of ether oxygens (including phenoxy) is 3. The Morgan fingerprint density at radius 1 is 1.16 bits per heavy atom. The van der Waals surface area contributed by atoms with Gasteiger partial charge in [-0.3, -0.25) is 4.79 Å². The van der Waals surface area contributed by atoms with Crippen molar-refractivity contribution in [3.63, 3.8) is 0 Å². The van der Waals surface area contributed by atoms with E-state index < -0.39 is 5.82 Å². The Bertz CT molecular complexity index is 1190. The number of carbonyl (C=O) groups is 1. The number of hydrogen-bond acceptors (Lipinski definition) is 6. The van der Waals surface area contributed by atoms with Crippen molar-refractivity contribution in [2.75, 3.05) is 32.2 Å². The fourth-order valence-corrected chi connectivity index (χ4v) is 4.88. The van der Waals surface area contributed by atoms with Gasteiger partial charge in [-0.05, 0) is 56.9 Å². The maximum absolute atomic E-state index is 15.6. The highest BCUT2D eigenvalue weighted by molar-refractivity contribution is 9.08. The summed E-state index contributed by atoms with van der Waals surface area (Å²) in [4.78, 5) is 15.4. The molecular formula is C28H37BrFN3O4. The number of halogens is 2. The van der Waals surface area contributed by atoms with Crippen molar-refractivity contribution >= 4 is 33.5 Å². The van der Waals surface area contributed by atoms with Crippen LogP contribution in [0, 0.1) is 5.82 Å². The SMILES string of the molecule is CCOc1cc2c(c(F)c1OCC)C(=NBr)N(CC(=O)c1cc(NC(C)C)c(OC)c(C(C)(C)C)c1)C2. The van der Waals surface area contributed by atoms with Crippen LogP contribution in [0.2, 0.25) is 0 Å². The number of amidine groups is 1. The number of anilines is 1. The molecule has 1 N–H and O–H groups in total. The Labute approximate surface area is 227 Å². The van der Waals surface area contributed by atoms with E-state index in [1.54, 1.807) is 25.0 Å². The maximum Gasteiger partial charge on any atom is 0.197 e. The van der Waals surface area contributed by atoms with Gasteiger partial charge >= 0.3 is 0 Å². The molecule has 0 spiro atoms. The minimum absolute atomic E-state index is 0.0174. The molecule has 0 atom stereocenters. The van der Waals surface area contributed by atoms with Gasteiger partial charge in [0.05, 0.1) is 54.3 Å². The number of nitrogens with one attached hydrogen (secondary N) is 1. The first-order valence-electron chi connectivity index (χ1n) is 12.5. The molecule has 0 aromatic heterocycles. The molecule has 1 aliphatic heterocycles. The Hall–Kier alpha value is -2.81. The van der Waals surface area contributed by atoms with E-state index in [-0.39, 0.29) is 29.5 Å². The van der Waals surface area contributed by atoms with Gasteiger partial charge in [0.15, 0.2) is 23.1 Å². The van der Waals surface area contributed by atoms with E-state index in [1.807, 2.05) is 32.9 Å². The number of Topliss-reactive ketones (excluding diaryl/α,β-unsaturated/α-hetero) is 1. The molecule has 37 heavy (non-hydrogen) atoms. The highest BCUT2D eigenvalue weighted by Crippen LogP contribution is 2.41. The third kappa shape index (κ3) is 6.03. The topological polar surface area (TPSA) is 72.4 Å². The van der Waals surface area contributed by atoms with Crippen LogP contribution < -0.4 is 19.5 Å². The third-order valence-electron chi connectivity index (χ3n) is 6.02. The third-order valence-corrected chi connectivity index (χ3v) is 6.36. The number of nitrogens with zero attached hydrogens (tertiary/aromatic N) is 2. The number of hydrogen-bond donors (Lipinski definition) is 1. The molecule has 2 aromatic rings. The second-order valence-electron chi connectivity index (χ2n) is 10.3. The van der Waals surface area contributed by atoms with Crippen LogP contribution in [0.25, 0.3) is 0 Å². The molecule has 0 radical (unpaired) electrons. The molecule has 7 nitrogen and oxygen atoms in total. The van der Waals surface area contributed by atoms with Gasteiger partial charge in [0.2, 0.25) is 0 Å². The molecule has 3 rings (SSSR count). The summed E-state index contributed by atoms with van der Waals surface area (Å²) in [7, 11) is 1.64. The molecule has 2 aromatic carbocycles. The van der Waals surface area contributed by atoms with Crippen molar-refractivity contribution in [2.45, 2.75) is 66.5 Å². The summed E-state index contributed by atoms with van der Waals surface area (Å²) in [5.41, 5.74) is 2.98. The first kappa shape index (κ1) is 28.8. The molecule has 9 heteroatoms. The summed E-state index contributed by atoms with van der Waals surface area (Å²) in [6.45, 7) is 14.9. The molecule has 1 heterocycles. The lowest BCUT2D eigenvalue weighted by Gasteiger charge is -2.26. The van der Waals surface area contributed by atoms with Crippen LogP contribution in [0.15, 0.2) is 22.2 Å². The Morgan fingerprint density at radius 3 is 2.38 bits per heavy atom. The fraction of sp³-hybridized carbons (Fsp3) is 0.500. The lowest BCUT2D eigenvalue weighted by atomic mass is 9.84. The van der Waals surface area contributed by atoms with Gasteiger partial charge < -0.3 is 24.4 Å². The number of benzene rings is 2. The van der Waals surface area contributed by atoms with E-state index in [4.69, 9.17) is 14.2 Å². The number of fused-ring (bicyclic) bond motifs is 1. The second kappa shape index (κ2) is 11.7. The average molecular weight is 579 g/mol. The lowest BCUT2D eigenvalue weighted by molar-refractivity contribution is 0.0963. The summed E-state index contributed by atoms with van der Waals surface area (Å²) in [5.74, 6) is 0.810.